The van der Waals surface area contributed by atoms with Crippen molar-refractivity contribution in [1.29, 1.82) is 0 Å². The Bertz CT molecular complexity index is 343. The van der Waals surface area contributed by atoms with Crippen LogP contribution < -0.4 is 4.74 Å². The summed E-state index contributed by atoms with van der Waals surface area (Å²) in [5.41, 5.74) is 0.975. The molecule has 3 nitrogen and oxygen atoms in total. The van der Waals surface area contributed by atoms with Gasteiger partial charge in [0.25, 0.3) is 0 Å². The topological polar surface area (TPSA) is 35.5 Å². The number of benzene rings is 1. The van der Waals surface area contributed by atoms with Crippen molar-refractivity contribution in [1.82, 2.24) is 0 Å². The summed E-state index contributed by atoms with van der Waals surface area (Å²) in [5, 5.41) is 0. The second kappa shape index (κ2) is 6.94. The van der Waals surface area contributed by atoms with E-state index >= 15 is 0 Å². The first kappa shape index (κ1) is 13.6. The summed E-state index contributed by atoms with van der Waals surface area (Å²) in [4.78, 5) is 11.5. The second-order valence-electron chi connectivity index (χ2n) is 4.23. The van der Waals surface area contributed by atoms with Crippen LogP contribution in [0.4, 0.5) is 0 Å². The van der Waals surface area contributed by atoms with Crippen molar-refractivity contribution in [2.24, 2.45) is 5.92 Å². The van der Waals surface area contributed by atoms with Crippen LogP contribution in [0, 0.1) is 5.92 Å². The molecule has 1 aromatic rings. The molecule has 1 aromatic carbocycles. The fourth-order valence-corrected chi connectivity index (χ4v) is 1.37. The monoisotopic (exact) mass is 236 g/mol. The van der Waals surface area contributed by atoms with Crippen molar-refractivity contribution < 1.29 is 14.3 Å². The highest BCUT2D eigenvalue weighted by atomic mass is 16.5. The molecule has 0 amide bonds. The van der Waals surface area contributed by atoms with Gasteiger partial charge in [0.05, 0.1) is 7.11 Å². The van der Waals surface area contributed by atoms with E-state index in [9.17, 15) is 4.79 Å². The average Bonchev–Trinajstić information content (AvgIpc) is 2.36. The Hall–Kier alpha value is -1.51. The lowest BCUT2D eigenvalue weighted by Gasteiger charge is -2.09. The summed E-state index contributed by atoms with van der Waals surface area (Å²) >= 11 is 0. The predicted octanol–water partition coefficient (Wildman–Crippen LogP) is 3.17. The van der Waals surface area contributed by atoms with Crippen LogP contribution in [0.2, 0.25) is 0 Å². The first-order chi connectivity index (χ1) is 8.15. The van der Waals surface area contributed by atoms with Gasteiger partial charge in [0.2, 0.25) is 0 Å². The number of methoxy groups -OCH3 is 1. The van der Waals surface area contributed by atoms with Gasteiger partial charge in [-0.05, 0) is 23.6 Å². The zero-order valence-corrected chi connectivity index (χ0v) is 10.7. The number of carbonyl (C=O) groups excluding carboxylic acids is 1. The number of ether oxygens (including phenoxy) is 2. The van der Waals surface area contributed by atoms with Crippen LogP contribution in [-0.2, 0) is 16.1 Å². The van der Waals surface area contributed by atoms with E-state index in [1.807, 2.05) is 24.3 Å². The number of hydrogen-bond donors (Lipinski definition) is 0. The van der Waals surface area contributed by atoms with Crippen LogP contribution in [0.15, 0.2) is 24.3 Å². The summed E-state index contributed by atoms with van der Waals surface area (Å²) in [5.74, 6) is 1.06. The molecule has 0 saturated heterocycles. The number of hydrogen-bond acceptors (Lipinski definition) is 3. The molecular formula is C14H20O3. The molecule has 0 radical (unpaired) electrons. The van der Waals surface area contributed by atoms with Gasteiger partial charge in [0.15, 0.2) is 0 Å². The van der Waals surface area contributed by atoms with Crippen molar-refractivity contribution in [2.75, 3.05) is 7.11 Å². The minimum Gasteiger partial charge on any atom is -0.497 e. The average molecular weight is 236 g/mol. The minimum absolute atomic E-state index is 0.129. The Labute approximate surface area is 103 Å². The minimum atomic E-state index is -0.129. The van der Waals surface area contributed by atoms with E-state index in [2.05, 4.69) is 13.8 Å². The fourth-order valence-electron chi connectivity index (χ4n) is 1.37. The molecule has 0 fully saturated rings. The van der Waals surface area contributed by atoms with Crippen molar-refractivity contribution in [3.8, 4) is 5.75 Å². The highest BCUT2D eigenvalue weighted by Crippen LogP contribution is 2.13. The predicted molar refractivity (Wildman–Crippen MR) is 66.9 cm³/mol. The van der Waals surface area contributed by atoms with Gasteiger partial charge in [-0.2, -0.15) is 0 Å². The second-order valence-corrected chi connectivity index (χ2v) is 4.23. The van der Waals surface area contributed by atoms with Crippen LogP contribution in [-0.4, -0.2) is 13.1 Å². The Morgan fingerprint density at radius 3 is 2.47 bits per heavy atom. The molecular weight excluding hydrogens is 216 g/mol. The van der Waals surface area contributed by atoms with Crippen LogP contribution >= 0.6 is 0 Å². The summed E-state index contributed by atoms with van der Waals surface area (Å²) in [6.07, 6.45) is 1.49. The fraction of sp³-hybridized carbons (Fsp3) is 0.500. The van der Waals surface area contributed by atoms with Crippen LogP contribution in [0.1, 0.15) is 32.3 Å². The van der Waals surface area contributed by atoms with E-state index in [1.165, 1.54) is 0 Å². The summed E-state index contributed by atoms with van der Waals surface area (Å²) < 4.78 is 10.2. The van der Waals surface area contributed by atoms with Crippen LogP contribution in [0.5, 0.6) is 5.75 Å². The van der Waals surface area contributed by atoms with E-state index in [4.69, 9.17) is 9.47 Å². The van der Waals surface area contributed by atoms with E-state index in [1.54, 1.807) is 7.11 Å². The Kier molecular flexibility index (Phi) is 5.53. The van der Waals surface area contributed by atoms with Gasteiger partial charge in [0, 0.05) is 6.42 Å². The zero-order valence-electron chi connectivity index (χ0n) is 10.7. The number of esters is 1. The van der Waals surface area contributed by atoms with Crippen LogP contribution in [0.3, 0.4) is 0 Å². The zero-order chi connectivity index (χ0) is 12.7. The molecule has 0 aliphatic rings. The maximum atomic E-state index is 11.5. The highest BCUT2D eigenvalue weighted by Gasteiger charge is 2.08. The molecule has 0 aliphatic heterocycles. The van der Waals surface area contributed by atoms with E-state index in [0.717, 1.165) is 17.7 Å². The third-order valence-electron chi connectivity index (χ3n) is 2.77. The van der Waals surface area contributed by atoms with Gasteiger partial charge in [-0.15, -0.1) is 0 Å². The Morgan fingerprint density at radius 2 is 1.94 bits per heavy atom. The van der Waals surface area contributed by atoms with Gasteiger partial charge in [-0.1, -0.05) is 32.4 Å². The molecule has 3 heteroatoms. The molecule has 1 rings (SSSR count). The smallest absolute Gasteiger partial charge is 0.306 e. The van der Waals surface area contributed by atoms with Gasteiger partial charge in [-0.25, -0.2) is 0 Å². The van der Waals surface area contributed by atoms with E-state index in [0.29, 0.717) is 18.9 Å². The van der Waals surface area contributed by atoms with Crippen molar-refractivity contribution in [3.63, 3.8) is 0 Å². The SMILES string of the molecule is CC[C@H](C)CC(=O)OCc1ccc(OC)cc1. The molecule has 0 aromatic heterocycles. The van der Waals surface area contributed by atoms with Crippen molar-refractivity contribution in [2.45, 2.75) is 33.3 Å². The Morgan fingerprint density at radius 1 is 1.29 bits per heavy atom. The van der Waals surface area contributed by atoms with Gasteiger partial charge < -0.3 is 9.47 Å². The lowest BCUT2D eigenvalue weighted by Crippen LogP contribution is -2.08. The largest absolute Gasteiger partial charge is 0.497 e. The van der Waals surface area contributed by atoms with E-state index < -0.39 is 0 Å². The quantitative estimate of drug-likeness (QED) is 0.712. The Balaban J connectivity index is 2.36. The van der Waals surface area contributed by atoms with Crippen molar-refractivity contribution >= 4 is 5.97 Å². The number of carbonyl (C=O) groups is 1. The first-order valence-corrected chi connectivity index (χ1v) is 5.94. The lowest BCUT2D eigenvalue weighted by atomic mass is 10.1. The number of rotatable bonds is 6. The molecule has 17 heavy (non-hydrogen) atoms. The summed E-state index contributed by atoms with van der Waals surface area (Å²) in [7, 11) is 1.63. The normalized spacial score (nSPS) is 11.9. The van der Waals surface area contributed by atoms with E-state index in [-0.39, 0.29) is 5.97 Å². The third-order valence-corrected chi connectivity index (χ3v) is 2.77. The van der Waals surface area contributed by atoms with Gasteiger partial charge in [0.1, 0.15) is 12.4 Å². The maximum Gasteiger partial charge on any atom is 0.306 e. The molecule has 0 bridgehead atoms. The standard InChI is InChI=1S/C14H20O3/c1-4-11(2)9-14(15)17-10-12-5-7-13(16-3)8-6-12/h5-8,11H,4,9-10H2,1-3H3/t11-/m0/s1. The summed E-state index contributed by atoms with van der Waals surface area (Å²) in [6.45, 7) is 4.45. The van der Waals surface area contributed by atoms with Crippen LogP contribution in [0.25, 0.3) is 0 Å². The summed E-state index contributed by atoms with van der Waals surface area (Å²) in [6, 6.07) is 7.51. The first-order valence-electron chi connectivity index (χ1n) is 5.94. The molecule has 0 heterocycles. The van der Waals surface area contributed by atoms with Crippen molar-refractivity contribution in [3.05, 3.63) is 29.8 Å². The molecule has 0 aliphatic carbocycles. The molecule has 1 atom stereocenters. The molecule has 0 spiro atoms. The van der Waals surface area contributed by atoms with Gasteiger partial charge >= 0.3 is 5.97 Å². The molecule has 0 unspecified atom stereocenters. The maximum absolute atomic E-state index is 11.5. The molecule has 94 valence electrons. The molecule has 0 saturated carbocycles. The molecule has 0 N–H and O–H groups in total. The highest BCUT2D eigenvalue weighted by molar-refractivity contribution is 5.69. The lowest BCUT2D eigenvalue weighted by molar-refractivity contribution is -0.146. The third kappa shape index (κ3) is 4.89. The van der Waals surface area contributed by atoms with Gasteiger partial charge in [-0.3, -0.25) is 4.79 Å².